The van der Waals surface area contributed by atoms with E-state index < -0.39 is 5.92 Å². The summed E-state index contributed by atoms with van der Waals surface area (Å²) in [5.74, 6) is 0.298. The van der Waals surface area contributed by atoms with Crippen molar-refractivity contribution in [3.8, 4) is 11.5 Å². The van der Waals surface area contributed by atoms with Gasteiger partial charge in [0.05, 0.1) is 5.92 Å². The molecule has 2 heterocycles. The maximum atomic E-state index is 12.8. The lowest BCUT2D eigenvalue weighted by atomic mass is 10.1. The minimum Gasteiger partial charge on any atom is -0.486 e. The summed E-state index contributed by atoms with van der Waals surface area (Å²) in [5, 5.41) is 5.78. The van der Waals surface area contributed by atoms with Crippen LogP contribution in [0.2, 0.25) is 0 Å². The number of benzene rings is 2. The van der Waals surface area contributed by atoms with E-state index in [2.05, 4.69) is 29.4 Å². The van der Waals surface area contributed by atoms with E-state index in [1.807, 2.05) is 0 Å². The predicted octanol–water partition coefficient (Wildman–Crippen LogP) is 2.52. The zero-order valence-electron chi connectivity index (χ0n) is 20.2. The molecule has 35 heavy (non-hydrogen) atoms. The highest BCUT2D eigenvalue weighted by Gasteiger charge is 2.35. The fourth-order valence-electron chi connectivity index (χ4n) is 4.25. The molecule has 9 heteroatoms. The number of hydrogen-bond acceptors (Lipinski definition) is 6. The first kappa shape index (κ1) is 24.5. The zero-order valence-corrected chi connectivity index (χ0v) is 20.2. The molecule has 0 saturated carbocycles. The maximum absolute atomic E-state index is 12.8. The lowest BCUT2D eigenvalue weighted by molar-refractivity contribution is -0.122. The number of amides is 3. The van der Waals surface area contributed by atoms with E-state index in [9.17, 15) is 14.4 Å². The van der Waals surface area contributed by atoms with Gasteiger partial charge in [-0.1, -0.05) is 13.8 Å². The molecular weight excluding hydrogens is 448 g/mol. The van der Waals surface area contributed by atoms with Gasteiger partial charge in [0.25, 0.3) is 5.91 Å². The van der Waals surface area contributed by atoms with Gasteiger partial charge in [0.15, 0.2) is 11.5 Å². The molecule has 0 aliphatic carbocycles. The van der Waals surface area contributed by atoms with Crippen LogP contribution in [-0.2, 0) is 9.59 Å². The van der Waals surface area contributed by atoms with E-state index in [4.69, 9.17) is 9.47 Å². The van der Waals surface area contributed by atoms with Crippen LogP contribution in [0.3, 0.4) is 0 Å². The third-order valence-electron chi connectivity index (χ3n) is 6.36. The summed E-state index contributed by atoms with van der Waals surface area (Å²) < 4.78 is 11.1. The topological polar surface area (TPSA) is 100 Å². The molecule has 0 unspecified atom stereocenters. The van der Waals surface area contributed by atoms with Gasteiger partial charge in [-0.05, 0) is 49.5 Å². The normalized spacial score (nSPS) is 16.9. The Balaban J connectivity index is 1.30. The largest absolute Gasteiger partial charge is 0.486 e. The van der Waals surface area contributed by atoms with Crippen molar-refractivity contribution in [1.29, 1.82) is 0 Å². The second-order valence-corrected chi connectivity index (χ2v) is 8.58. The standard InChI is InChI=1S/C26H32N4O5/c1-3-29(4-2)12-11-27-25(32)18-5-7-20(8-6-18)28-26(33)19-15-24(31)30(17-19)21-9-10-22-23(16-21)35-14-13-34-22/h5-10,16,19H,3-4,11-15,17H2,1-2H3,(H,27,32)(H,28,33)/t19-/m0/s1. The summed E-state index contributed by atoms with van der Waals surface area (Å²) in [6.45, 7) is 8.71. The molecule has 4 rings (SSSR count). The Morgan fingerprint density at radius 1 is 1.03 bits per heavy atom. The fraction of sp³-hybridized carbons (Fsp3) is 0.423. The van der Waals surface area contributed by atoms with E-state index >= 15 is 0 Å². The lowest BCUT2D eigenvalue weighted by Gasteiger charge is -2.22. The number of nitrogens with one attached hydrogen (secondary N) is 2. The molecule has 1 fully saturated rings. The molecule has 0 spiro atoms. The van der Waals surface area contributed by atoms with Crippen LogP contribution < -0.4 is 25.0 Å². The van der Waals surface area contributed by atoms with E-state index in [0.717, 1.165) is 19.6 Å². The summed E-state index contributed by atoms with van der Waals surface area (Å²) in [6.07, 6.45) is 0.132. The van der Waals surface area contributed by atoms with Crippen LogP contribution in [0.25, 0.3) is 0 Å². The summed E-state index contributed by atoms with van der Waals surface area (Å²) in [6, 6.07) is 12.1. The first-order valence-corrected chi connectivity index (χ1v) is 12.1. The number of hydrogen-bond donors (Lipinski definition) is 2. The van der Waals surface area contributed by atoms with Crippen molar-refractivity contribution in [2.75, 3.05) is 56.2 Å². The maximum Gasteiger partial charge on any atom is 0.251 e. The average Bonchev–Trinajstić information content (AvgIpc) is 3.28. The van der Waals surface area contributed by atoms with Crippen LogP contribution in [0.4, 0.5) is 11.4 Å². The van der Waals surface area contributed by atoms with Crippen molar-refractivity contribution in [1.82, 2.24) is 10.2 Å². The molecule has 2 N–H and O–H groups in total. The van der Waals surface area contributed by atoms with E-state index in [1.54, 1.807) is 47.4 Å². The SMILES string of the molecule is CCN(CC)CCNC(=O)c1ccc(NC(=O)[C@H]2CC(=O)N(c3ccc4c(c3)OCCO4)C2)cc1. The number of carbonyl (C=O) groups excluding carboxylic acids is 3. The molecule has 2 aromatic rings. The van der Waals surface area contributed by atoms with E-state index in [-0.39, 0.29) is 30.7 Å². The monoisotopic (exact) mass is 480 g/mol. The number of anilines is 2. The predicted molar refractivity (Wildman–Crippen MR) is 133 cm³/mol. The van der Waals surface area contributed by atoms with Gasteiger partial charge in [0.2, 0.25) is 11.8 Å². The van der Waals surface area contributed by atoms with Crippen molar-refractivity contribution in [2.24, 2.45) is 5.92 Å². The van der Waals surface area contributed by atoms with Crippen LogP contribution >= 0.6 is 0 Å². The summed E-state index contributed by atoms with van der Waals surface area (Å²) >= 11 is 0. The number of rotatable bonds is 9. The molecule has 0 radical (unpaired) electrons. The molecule has 0 aromatic heterocycles. The number of ether oxygens (including phenoxy) is 2. The highest BCUT2D eigenvalue weighted by Crippen LogP contribution is 2.36. The van der Waals surface area contributed by atoms with Crippen molar-refractivity contribution >= 4 is 29.1 Å². The van der Waals surface area contributed by atoms with Gasteiger partial charge in [-0.3, -0.25) is 14.4 Å². The van der Waals surface area contributed by atoms with Crippen LogP contribution in [0.1, 0.15) is 30.6 Å². The van der Waals surface area contributed by atoms with Crippen molar-refractivity contribution in [3.63, 3.8) is 0 Å². The Kier molecular flexibility index (Phi) is 7.87. The minimum absolute atomic E-state index is 0.112. The summed E-state index contributed by atoms with van der Waals surface area (Å²) in [5.41, 5.74) is 1.80. The Labute approximate surface area is 205 Å². The Bertz CT molecular complexity index is 1070. The van der Waals surface area contributed by atoms with Gasteiger partial charge >= 0.3 is 0 Å². The number of fused-ring (bicyclic) bond motifs is 1. The van der Waals surface area contributed by atoms with E-state index in [1.165, 1.54) is 0 Å². The van der Waals surface area contributed by atoms with Crippen LogP contribution in [0, 0.1) is 5.92 Å². The second kappa shape index (κ2) is 11.2. The molecule has 0 bridgehead atoms. The Morgan fingerprint density at radius 3 is 2.46 bits per heavy atom. The quantitative estimate of drug-likeness (QED) is 0.572. The van der Waals surface area contributed by atoms with Crippen molar-refractivity contribution < 1.29 is 23.9 Å². The third kappa shape index (κ3) is 5.92. The molecule has 2 aliphatic heterocycles. The molecule has 2 aliphatic rings. The van der Waals surface area contributed by atoms with Crippen molar-refractivity contribution in [2.45, 2.75) is 20.3 Å². The summed E-state index contributed by atoms with van der Waals surface area (Å²) in [7, 11) is 0. The zero-order chi connectivity index (χ0) is 24.8. The molecule has 186 valence electrons. The number of carbonyl (C=O) groups is 3. The van der Waals surface area contributed by atoms with Gasteiger partial charge in [-0.25, -0.2) is 0 Å². The third-order valence-corrected chi connectivity index (χ3v) is 6.36. The molecule has 2 aromatic carbocycles. The summed E-state index contributed by atoms with van der Waals surface area (Å²) in [4.78, 5) is 41.7. The van der Waals surface area contributed by atoms with E-state index in [0.29, 0.717) is 48.2 Å². The molecule has 9 nitrogen and oxygen atoms in total. The smallest absolute Gasteiger partial charge is 0.251 e. The first-order chi connectivity index (χ1) is 17.0. The number of nitrogens with zero attached hydrogens (tertiary/aromatic N) is 2. The molecule has 3 amide bonds. The average molecular weight is 481 g/mol. The van der Waals surface area contributed by atoms with Gasteiger partial charge < -0.3 is 29.9 Å². The lowest BCUT2D eigenvalue weighted by Crippen LogP contribution is -2.34. The van der Waals surface area contributed by atoms with Gasteiger partial charge in [0, 0.05) is 49.1 Å². The molecular formula is C26H32N4O5. The first-order valence-electron chi connectivity index (χ1n) is 12.1. The second-order valence-electron chi connectivity index (χ2n) is 8.58. The fourth-order valence-corrected chi connectivity index (χ4v) is 4.25. The highest BCUT2D eigenvalue weighted by molar-refractivity contribution is 6.04. The Morgan fingerprint density at radius 2 is 1.74 bits per heavy atom. The van der Waals surface area contributed by atoms with Crippen LogP contribution in [0.5, 0.6) is 11.5 Å². The van der Waals surface area contributed by atoms with Crippen LogP contribution in [0.15, 0.2) is 42.5 Å². The van der Waals surface area contributed by atoms with Gasteiger partial charge in [-0.2, -0.15) is 0 Å². The highest BCUT2D eigenvalue weighted by atomic mass is 16.6. The number of likely N-dealkylation sites (N-methyl/N-ethyl adjacent to an activating group) is 1. The van der Waals surface area contributed by atoms with Gasteiger partial charge in [-0.15, -0.1) is 0 Å². The van der Waals surface area contributed by atoms with Crippen LogP contribution in [-0.4, -0.2) is 68.6 Å². The Hall–Kier alpha value is -3.59. The molecule has 1 saturated heterocycles. The van der Waals surface area contributed by atoms with Crippen molar-refractivity contribution in [3.05, 3.63) is 48.0 Å². The van der Waals surface area contributed by atoms with Gasteiger partial charge in [0.1, 0.15) is 13.2 Å². The molecule has 1 atom stereocenters. The minimum atomic E-state index is -0.473.